The van der Waals surface area contributed by atoms with Crippen LogP contribution in [0, 0.1) is 118 Å². The molecule has 0 saturated carbocycles. The van der Waals surface area contributed by atoms with E-state index < -0.39 is 6.16 Å². The Morgan fingerprint density at radius 1 is 1.62 bits per heavy atom. The zero-order chi connectivity index (χ0) is 4.28. The molecule has 0 heterocycles. The van der Waals surface area contributed by atoms with Crippen molar-refractivity contribution in [3.8, 4) is 0 Å². The Kier molecular flexibility index (Phi) is 46.6. The third-order valence-corrected chi connectivity index (χ3v) is 0.0660. The van der Waals surface area contributed by atoms with Gasteiger partial charge in [0.2, 0.25) is 0 Å². The molecule has 8 heavy (non-hydrogen) atoms. The summed E-state index contributed by atoms with van der Waals surface area (Å²) in [5.74, 6) is 0. The van der Waals surface area contributed by atoms with Crippen molar-refractivity contribution < 1.29 is 138 Å². The summed E-state index contributed by atoms with van der Waals surface area (Å²) in [6.07, 6.45) is -1.91. The first-order chi connectivity index (χ1) is 2.27. The molecule has 0 unspecified atom stereocenters. The smallest absolute Gasteiger partial charge is 0.448 e. The van der Waals surface area contributed by atoms with Crippen LogP contribution in [0.25, 0.3) is 0 Å². The van der Waals surface area contributed by atoms with Gasteiger partial charge in [0.1, 0.15) is 0 Å². The summed E-state index contributed by atoms with van der Waals surface area (Å²) in [6, 6.07) is 0. The third-order valence-electron chi connectivity index (χ3n) is 0.0660. The fourth-order valence-corrected chi connectivity index (χ4v) is 0. The molecule has 7 heteroatoms. The van der Waals surface area contributed by atoms with Crippen LogP contribution in [0.4, 0.5) is 9.32 Å². The molecular formula is CHCeFLaNdO3. The zero-order valence-corrected chi connectivity index (χ0v) is 13.7. The van der Waals surface area contributed by atoms with Crippen LogP contribution in [0.3, 0.4) is 0 Å². The molecule has 0 rings (SSSR count). The Morgan fingerprint density at radius 3 is 1.75 bits per heavy atom. The van der Waals surface area contributed by atoms with E-state index in [-0.39, 0.29) is 118 Å². The summed E-state index contributed by atoms with van der Waals surface area (Å²) in [4.78, 5) is 10.9. The predicted octanol–water partition coefficient (Wildman–Crippen LogP) is 0.566. The quantitative estimate of drug-likeness (QED) is 0.526. The van der Waals surface area contributed by atoms with E-state index in [1.807, 2.05) is 0 Å². The normalized spacial score (nSPS) is 4.12. The van der Waals surface area contributed by atoms with Crippen molar-refractivity contribution in [3.63, 3.8) is 0 Å². The fraction of sp³-hybridized carbons (Fsp3) is 0. The van der Waals surface area contributed by atoms with Gasteiger partial charge in [0.25, 0.3) is 0 Å². The van der Waals surface area contributed by atoms with Crippen LogP contribution in [-0.2, 0) is 4.94 Å². The maximum Gasteiger partial charge on any atom is 0.542 e. The van der Waals surface area contributed by atoms with E-state index in [0.717, 1.165) is 0 Å². The SMILES string of the molecule is O=C(O)OF.[Ce].[La].[Nd]. The van der Waals surface area contributed by atoms with Crippen molar-refractivity contribution in [2.75, 3.05) is 0 Å². The van der Waals surface area contributed by atoms with E-state index in [2.05, 4.69) is 4.94 Å². The van der Waals surface area contributed by atoms with Gasteiger partial charge in [-0.15, -0.1) is 0 Å². The van der Waals surface area contributed by atoms with Crippen molar-refractivity contribution in [2.45, 2.75) is 0 Å². The van der Waals surface area contributed by atoms with E-state index in [1.165, 1.54) is 0 Å². The Bertz CT molecular complexity index is 54.5. The second-order valence-corrected chi connectivity index (χ2v) is 0.343. The van der Waals surface area contributed by atoms with Gasteiger partial charge in [-0.3, -0.25) is 0 Å². The summed E-state index contributed by atoms with van der Waals surface area (Å²) >= 11 is 0. The molecule has 0 aromatic heterocycles. The van der Waals surface area contributed by atoms with Crippen molar-refractivity contribution in [1.82, 2.24) is 0 Å². The van der Waals surface area contributed by atoms with Crippen molar-refractivity contribution in [2.24, 2.45) is 0 Å². The maximum absolute atomic E-state index is 10.0. The second-order valence-electron chi connectivity index (χ2n) is 0.343. The molecule has 0 aliphatic rings. The van der Waals surface area contributed by atoms with Crippen LogP contribution in [0.2, 0.25) is 0 Å². The van der Waals surface area contributed by atoms with Crippen LogP contribution in [-0.4, -0.2) is 11.3 Å². The Hall–Kier alpha value is 3.12. The molecule has 3 nitrogen and oxygen atoms in total. The van der Waals surface area contributed by atoms with Crippen LogP contribution in [0.15, 0.2) is 0 Å². The molecule has 0 aliphatic carbocycles. The molecule has 0 aromatic carbocycles. The minimum atomic E-state index is -1.91. The van der Waals surface area contributed by atoms with Gasteiger partial charge in [0.15, 0.2) is 0 Å². The van der Waals surface area contributed by atoms with E-state index >= 15 is 0 Å². The van der Waals surface area contributed by atoms with Gasteiger partial charge in [-0.1, -0.05) is 0 Å². The summed E-state index contributed by atoms with van der Waals surface area (Å²) in [5.41, 5.74) is 0. The predicted molar refractivity (Wildman–Crippen MR) is 10.2 cm³/mol. The fourth-order valence-electron chi connectivity index (χ4n) is 0. The first-order valence-corrected chi connectivity index (χ1v) is 0.786. The average Bonchev–Trinajstić information content (AvgIpc) is 1.38. The van der Waals surface area contributed by atoms with Gasteiger partial charge in [-0.05, 0) is 0 Å². The Morgan fingerprint density at radius 2 is 1.75 bits per heavy atom. The number of carbonyl (C=O) groups is 1. The van der Waals surface area contributed by atoms with Crippen LogP contribution in [0.5, 0.6) is 0 Å². The van der Waals surface area contributed by atoms with Gasteiger partial charge >= 0.3 is 6.16 Å². The maximum atomic E-state index is 10.0. The van der Waals surface area contributed by atoms with Crippen LogP contribution in [0.1, 0.15) is 0 Å². The van der Waals surface area contributed by atoms with Crippen LogP contribution >= 0.6 is 0 Å². The molecule has 1 radical (unpaired) electrons. The van der Waals surface area contributed by atoms with Crippen molar-refractivity contribution >= 4 is 6.16 Å². The molecule has 0 fully saturated rings. The molecule has 0 aliphatic heterocycles. The molecule has 0 bridgehead atoms. The first kappa shape index (κ1) is 22.5. The summed E-state index contributed by atoms with van der Waals surface area (Å²) in [5, 5.41) is 7.12. The van der Waals surface area contributed by atoms with Gasteiger partial charge in [0, 0.05) is 123 Å². The van der Waals surface area contributed by atoms with E-state index in [1.54, 1.807) is 0 Å². The van der Waals surface area contributed by atoms with Gasteiger partial charge in [-0.2, -0.15) is 0 Å². The number of hydrogen-bond acceptors (Lipinski definition) is 2. The second kappa shape index (κ2) is 16.6. The van der Waals surface area contributed by atoms with Crippen molar-refractivity contribution in [3.05, 3.63) is 0 Å². The summed E-state index contributed by atoms with van der Waals surface area (Å²) in [7, 11) is 0. The number of rotatable bonds is 0. The number of halogens is 1. The zero-order valence-electron chi connectivity index (χ0n) is 3.72. The van der Waals surface area contributed by atoms with E-state index in [4.69, 9.17) is 9.90 Å². The summed E-state index contributed by atoms with van der Waals surface area (Å²) < 4.78 is 10.0. The van der Waals surface area contributed by atoms with Gasteiger partial charge in [-0.25, -0.2) is 9.74 Å². The summed E-state index contributed by atoms with van der Waals surface area (Å²) in [6.45, 7) is 0. The van der Waals surface area contributed by atoms with Crippen molar-refractivity contribution in [1.29, 1.82) is 0 Å². The molecule has 1 N–H and O–H groups in total. The molecular weight excluding hydrogens is 502 g/mol. The van der Waals surface area contributed by atoms with Crippen LogP contribution < -0.4 is 0 Å². The first-order valence-electron chi connectivity index (χ1n) is 0.786. The third kappa shape index (κ3) is 22.9. The molecule has 0 amide bonds. The topological polar surface area (TPSA) is 46.5 Å². The van der Waals surface area contributed by atoms with Gasteiger partial charge in [0.05, 0.1) is 0 Å². The molecule has 0 saturated heterocycles. The van der Waals surface area contributed by atoms with E-state index in [0.29, 0.717) is 0 Å². The molecule has 41 valence electrons. The number of hydrogen-bond donors (Lipinski definition) is 1. The minimum Gasteiger partial charge on any atom is -0.448 e. The monoisotopic (exact) mass is 501 g/mol. The molecule has 0 aromatic rings. The standard InChI is InChI=1S/CHFO3.Ce.La.Nd/c2-5-1(3)4;;;/h(H,3,4);;;. The minimum absolute atomic E-state index is 0. The molecule has 0 spiro atoms. The Labute approximate surface area is 140 Å². The Balaban J connectivity index is -0.0000000267. The average molecular weight is 503 g/mol. The largest absolute Gasteiger partial charge is 0.542 e. The van der Waals surface area contributed by atoms with Gasteiger partial charge < -0.3 is 5.11 Å². The number of carboxylic acid groups (broad SMARTS) is 1. The molecule has 0 atom stereocenters. The van der Waals surface area contributed by atoms with E-state index in [9.17, 15) is 4.53 Å².